The van der Waals surface area contributed by atoms with E-state index in [0.29, 0.717) is 17.1 Å². The Hall–Kier alpha value is -0.930. The predicted octanol–water partition coefficient (Wildman–Crippen LogP) is 3.13. The van der Waals surface area contributed by atoms with E-state index in [9.17, 15) is 0 Å². The molecule has 1 saturated heterocycles. The van der Waals surface area contributed by atoms with E-state index in [1.165, 1.54) is 12.0 Å². The van der Waals surface area contributed by atoms with Gasteiger partial charge in [0.2, 0.25) is 0 Å². The third kappa shape index (κ3) is 3.09. The van der Waals surface area contributed by atoms with Gasteiger partial charge in [-0.05, 0) is 24.8 Å². The highest BCUT2D eigenvalue weighted by Gasteiger charge is 2.32. The number of nitrogens with zero attached hydrogens (tertiary/aromatic N) is 1. The summed E-state index contributed by atoms with van der Waals surface area (Å²) in [6.45, 7) is 5.77. The summed E-state index contributed by atoms with van der Waals surface area (Å²) < 4.78 is 0. The van der Waals surface area contributed by atoms with E-state index in [4.69, 9.17) is 18.0 Å². The molecular weight excluding hydrogens is 240 g/mol. The van der Waals surface area contributed by atoms with Crippen LogP contribution < -0.4 is 5.73 Å². The summed E-state index contributed by atoms with van der Waals surface area (Å²) in [5.74, 6) is 0.762. The molecule has 3 unspecified atom stereocenters. The fourth-order valence-electron chi connectivity index (χ4n) is 3.06. The summed E-state index contributed by atoms with van der Waals surface area (Å²) in [6.07, 6.45) is 2.04. The standard InChI is InChI=1S/C15H22N2S/c1-11-8-12(2)17(10-11)14(9-15(16)18)13-6-4-3-5-7-13/h3-7,11-12,14H,8-10H2,1-2H3,(H2,16,18). The lowest BCUT2D eigenvalue weighted by Crippen LogP contribution is -2.34. The van der Waals surface area contributed by atoms with Crippen LogP contribution in [0.5, 0.6) is 0 Å². The van der Waals surface area contributed by atoms with Gasteiger partial charge in [0.25, 0.3) is 0 Å². The zero-order chi connectivity index (χ0) is 13.1. The first-order valence-electron chi connectivity index (χ1n) is 6.67. The summed E-state index contributed by atoms with van der Waals surface area (Å²) >= 11 is 5.13. The minimum atomic E-state index is 0.337. The van der Waals surface area contributed by atoms with Gasteiger partial charge in [0.05, 0.1) is 4.99 Å². The maximum Gasteiger partial charge on any atom is 0.0746 e. The van der Waals surface area contributed by atoms with Crippen molar-refractivity contribution in [3.8, 4) is 0 Å². The first kappa shape index (κ1) is 13.5. The number of likely N-dealkylation sites (tertiary alicyclic amines) is 1. The van der Waals surface area contributed by atoms with E-state index in [2.05, 4.69) is 49.1 Å². The van der Waals surface area contributed by atoms with Crippen molar-refractivity contribution >= 4 is 17.2 Å². The Bertz CT molecular complexity index is 404. The molecule has 0 aliphatic carbocycles. The summed E-state index contributed by atoms with van der Waals surface area (Å²) in [6, 6.07) is 11.5. The van der Waals surface area contributed by atoms with Crippen LogP contribution in [0.4, 0.5) is 0 Å². The number of hydrogen-bond acceptors (Lipinski definition) is 2. The number of hydrogen-bond donors (Lipinski definition) is 1. The molecule has 0 amide bonds. The fourth-order valence-corrected chi connectivity index (χ4v) is 3.22. The molecule has 0 spiro atoms. The summed E-state index contributed by atoms with van der Waals surface area (Å²) in [5, 5.41) is 0. The van der Waals surface area contributed by atoms with Crippen molar-refractivity contribution < 1.29 is 0 Å². The molecule has 1 aliphatic heterocycles. The Labute approximate surface area is 115 Å². The van der Waals surface area contributed by atoms with Crippen molar-refractivity contribution in [1.29, 1.82) is 0 Å². The minimum absolute atomic E-state index is 0.337. The highest BCUT2D eigenvalue weighted by molar-refractivity contribution is 7.80. The molecule has 2 rings (SSSR count). The highest BCUT2D eigenvalue weighted by atomic mass is 32.1. The molecule has 1 fully saturated rings. The fraction of sp³-hybridized carbons (Fsp3) is 0.533. The second-order valence-corrected chi connectivity index (χ2v) is 6.01. The molecule has 1 aliphatic rings. The summed E-state index contributed by atoms with van der Waals surface area (Å²) in [4.78, 5) is 3.16. The molecule has 2 N–H and O–H groups in total. The smallest absolute Gasteiger partial charge is 0.0746 e. The first-order chi connectivity index (χ1) is 8.58. The lowest BCUT2D eigenvalue weighted by molar-refractivity contribution is 0.192. The van der Waals surface area contributed by atoms with Gasteiger partial charge in [-0.2, -0.15) is 0 Å². The normalized spacial score (nSPS) is 26.1. The van der Waals surface area contributed by atoms with Crippen LogP contribution in [0.25, 0.3) is 0 Å². The Morgan fingerprint density at radius 1 is 1.39 bits per heavy atom. The van der Waals surface area contributed by atoms with Crippen molar-refractivity contribution in [1.82, 2.24) is 4.90 Å². The summed E-state index contributed by atoms with van der Waals surface area (Å²) in [7, 11) is 0. The van der Waals surface area contributed by atoms with Gasteiger partial charge in [-0.3, -0.25) is 4.90 Å². The van der Waals surface area contributed by atoms with Gasteiger partial charge in [-0.15, -0.1) is 0 Å². The molecule has 3 heteroatoms. The Morgan fingerprint density at radius 2 is 2.06 bits per heavy atom. The maximum absolute atomic E-state index is 5.78. The average molecular weight is 262 g/mol. The average Bonchev–Trinajstić information content (AvgIpc) is 2.66. The zero-order valence-electron chi connectivity index (χ0n) is 11.2. The maximum atomic E-state index is 5.78. The highest BCUT2D eigenvalue weighted by Crippen LogP contribution is 2.33. The molecule has 18 heavy (non-hydrogen) atoms. The van der Waals surface area contributed by atoms with Gasteiger partial charge >= 0.3 is 0 Å². The van der Waals surface area contributed by atoms with E-state index in [0.717, 1.165) is 18.9 Å². The lowest BCUT2D eigenvalue weighted by atomic mass is 10.0. The van der Waals surface area contributed by atoms with Gasteiger partial charge in [0.15, 0.2) is 0 Å². The van der Waals surface area contributed by atoms with Gasteiger partial charge in [-0.1, -0.05) is 49.5 Å². The third-order valence-corrected chi connectivity index (χ3v) is 3.98. The molecule has 0 aromatic heterocycles. The van der Waals surface area contributed by atoms with Crippen LogP contribution in [0.1, 0.15) is 38.3 Å². The van der Waals surface area contributed by atoms with E-state index >= 15 is 0 Å². The van der Waals surface area contributed by atoms with Crippen molar-refractivity contribution in [3.05, 3.63) is 35.9 Å². The second-order valence-electron chi connectivity index (χ2n) is 5.48. The van der Waals surface area contributed by atoms with Crippen LogP contribution in [0.2, 0.25) is 0 Å². The van der Waals surface area contributed by atoms with Crippen LogP contribution in [0.3, 0.4) is 0 Å². The predicted molar refractivity (Wildman–Crippen MR) is 80.5 cm³/mol. The number of nitrogens with two attached hydrogens (primary N) is 1. The van der Waals surface area contributed by atoms with Crippen LogP contribution in [0, 0.1) is 5.92 Å². The molecule has 98 valence electrons. The van der Waals surface area contributed by atoms with Crippen molar-refractivity contribution in [3.63, 3.8) is 0 Å². The summed E-state index contributed by atoms with van der Waals surface area (Å²) in [5.41, 5.74) is 7.11. The van der Waals surface area contributed by atoms with Crippen molar-refractivity contribution in [2.24, 2.45) is 11.7 Å². The van der Waals surface area contributed by atoms with Gasteiger partial charge < -0.3 is 5.73 Å². The monoisotopic (exact) mass is 262 g/mol. The molecule has 0 bridgehead atoms. The molecule has 1 aromatic rings. The molecule has 1 aromatic carbocycles. The number of thiocarbonyl (C=S) groups is 1. The van der Waals surface area contributed by atoms with E-state index in [1.54, 1.807) is 0 Å². The lowest BCUT2D eigenvalue weighted by Gasteiger charge is -2.31. The van der Waals surface area contributed by atoms with Crippen molar-refractivity contribution in [2.75, 3.05) is 6.54 Å². The molecule has 2 nitrogen and oxygen atoms in total. The minimum Gasteiger partial charge on any atom is -0.393 e. The van der Waals surface area contributed by atoms with Gasteiger partial charge in [-0.25, -0.2) is 0 Å². The van der Waals surface area contributed by atoms with E-state index in [-0.39, 0.29) is 0 Å². The van der Waals surface area contributed by atoms with E-state index < -0.39 is 0 Å². The number of benzene rings is 1. The first-order valence-corrected chi connectivity index (χ1v) is 7.07. The third-order valence-electron chi connectivity index (χ3n) is 3.81. The van der Waals surface area contributed by atoms with Crippen LogP contribution in [0.15, 0.2) is 30.3 Å². The van der Waals surface area contributed by atoms with Crippen LogP contribution in [-0.2, 0) is 0 Å². The molecule has 0 radical (unpaired) electrons. The Kier molecular flexibility index (Phi) is 4.36. The largest absolute Gasteiger partial charge is 0.393 e. The SMILES string of the molecule is CC1CC(C)N(C(CC(N)=S)c2ccccc2)C1. The zero-order valence-corrected chi connectivity index (χ0v) is 12.0. The van der Waals surface area contributed by atoms with Crippen molar-refractivity contribution in [2.45, 2.75) is 38.8 Å². The van der Waals surface area contributed by atoms with Gasteiger partial charge in [0.1, 0.15) is 0 Å². The van der Waals surface area contributed by atoms with E-state index in [1.807, 2.05) is 0 Å². The number of rotatable bonds is 4. The van der Waals surface area contributed by atoms with Crippen LogP contribution in [-0.4, -0.2) is 22.5 Å². The van der Waals surface area contributed by atoms with Crippen LogP contribution >= 0.6 is 12.2 Å². The Morgan fingerprint density at radius 3 is 2.56 bits per heavy atom. The van der Waals surface area contributed by atoms with Gasteiger partial charge in [0, 0.05) is 25.0 Å². The molecular formula is C15H22N2S. The second kappa shape index (κ2) is 5.81. The molecule has 1 heterocycles. The molecule has 3 atom stereocenters. The topological polar surface area (TPSA) is 29.3 Å². The Balaban J connectivity index is 2.23. The quantitative estimate of drug-likeness (QED) is 0.845. The molecule has 0 saturated carbocycles.